The first kappa shape index (κ1) is 20.3. The van der Waals surface area contributed by atoms with Gasteiger partial charge in [0.05, 0.1) is 5.52 Å². The minimum atomic E-state index is 0.0527. The fourth-order valence-corrected chi connectivity index (χ4v) is 6.40. The molecule has 172 valence electrons. The standard InChI is InChI=1S/C31H27N3O/c1-19(35)34-18-26(21-10-4-7-16-29(21)34)22-12-8-13-23(25-17-32-27-14-5-2-9-20(25)27)31-30(22)24-11-3-6-15-28(24)33-31/h2-7,9-11,14-18,22-23,32-33H,8,12-13H2,1H3/t22-,23+/m1/s1. The minimum Gasteiger partial charge on any atom is -0.361 e. The highest BCUT2D eigenvalue weighted by Gasteiger charge is 2.33. The molecule has 4 heteroatoms. The van der Waals surface area contributed by atoms with Crippen molar-refractivity contribution in [3.8, 4) is 0 Å². The summed E-state index contributed by atoms with van der Waals surface area (Å²) in [6.45, 7) is 1.65. The highest BCUT2D eigenvalue weighted by molar-refractivity contribution is 5.95. The second-order valence-electron chi connectivity index (χ2n) is 9.81. The SMILES string of the molecule is CC(=O)n1cc([C@H]2CCC[C@@H](c3c[nH]c4ccccc34)c3[nH]c4ccccc4c32)c2ccccc21. The summed E-state index contributed by atoms with van der Waals surface area (Å²) in [5.41, 5.74) is 8.68. The Kier molecular flexibility index (Phi) is 4.50. The zero-order valence-corrected chi connectivity index (χ0v) is 19.7. The van der Waals surface area contributed by atoms with Gasteiger partial charge in [-0.05, 0) is 47.7 Å². The third kappa shape index (κ3) is 3.02. The lowest BCUT2D eigenvalue weighted by molar-refractivity contribution is 0.0941. The van der Waals surface area contributed by atoms with Crippen molar-refractivity contribution >= 4 is 38.6 Å². The molecule has 2 N–H and O–H groups in total. The van der Waals surface area contributed by atoms with Crippen molar-refractivity contribution in [1.82, 2.24) is 14.5 Å². The molecule has 0 radical (unpaired) electrons. The number of aromatic amines is 2. The molecule has 3 heterocycles. The van der Waals surface area contributed by atoms with Gasteiger partial charge in [0.2, 0.25) is 5.91 Å². The molecule has 0 amide bonds. The molecular weight excluding hydrogens is 430 g/mol. The average Bonchev–Trinajstić information content (AvgIpc) is 3.56. The third-order valence-corrected chi connectivity index (χ3v) is 7.91. The smallest absolute Gasteiger partial charge is 0.227 e. The molecule has 4 nitrogen and oxygen atoms in total. The Morgan fingerprint density at radius 3 is 2.31 bits per heavy atom. The normalized spacial score (nSPS) is 18.2. The molecule has 0 unspecified atom stereocenters. The molecule has 0 spiro atoms. The number of rotatable bonds is 2. The van der Waals surface area contributed by atoms with Crippen molar-refractivity contribution in [2.24, 2.45) is 0 Å². The monoisotopic (exact) mass is 457 g/mol. The first-order valence-electron chi connectivity index (χ1n) is 12.5. The Bertz CT molecular complexity index is 1730. The number of carbonyl (C=O) groups excluding carboxylic acids is 1. The predicted molar refractivity (Wildman–Crippen MR) is 142 cm³/mol. The van der Waals surface area contributed by atoms with E-state index in [9.17, 15) is 4.79 Å². The van der Waals surface area contributed by atoms with Gasteiger partial charge in [-0.1, -0.05) is 61.0 Å². The Labute approximate surface area is 203 Å². The molecule has 6 aromatic rings. The van der Waals surface area contributed by atoms with E-state index in [0.717, 1.165) is 24.8 Å². The maximum absolute atomic E-state index is 12.5. The van der Waals surface area contributed by atoms with E-state index in [-0.39, 0.29) is 11.8 Å². The second-order valence-corrected chi connectivity index (χ2v) is 9.81. The van der Waals surface area contributed by atoms with Crippen LogP contribution in [0.2, 0.25) is 0 Å². The van der Waals surface area contributed by atoms with Gasteiger partial charge >= 0.3 is 0 Å². The van der Waals surface area contributed by atoms with Gasteiger partial charge < -0.3 is 9.97 Å². The van der Waals surface area contributed by atoms with Crippen molar-refractivity contribution < 1.29 is 4.79 Å². The average molecular weight is 458 g/mol. The molecule has 0 bridgehead atoms. The third-order valence-electron chi connectivity index (χ3n) is 7.91. The number of aromatic nitrogens is 3. The van der Waals surface area contributed by atoms with Crippen LogP contribution >= 0.6 is 0 Å². The zero-order chi connectivity index (χ0) is 23.5. The maximum Gasteiger partial charge on any atom is 0.227 e. The Morgan fingerprint density at radius 1 is 0.800 bits per heavy atom. The van der Waals surface area contributed by atoms with Crippen molar-refractivity contribution in [3.63, 3.8) is 0 Å². The molecular formula is C31H27N3O. The van der Waals surface area contributed by atoms with Gasteiger partial charge in [-0.3, -0.25) is 9.36 Å². The van der Waals surface area contributed by atoms with Crippen LogP contribution in [0.3, 0.4) is 0 Å². The molecule has 0 saturated carbocycles. The molecule has 0 saturated heterocycles. The fraction of sp³-hybridized carbons (Fsp3) is 0.194. The van der Waals surface area contributed by atoms with Crippen molar-refractivity contribution in [2.75, 3.05) is 0 Å². The number of benzene rings is 3. The van der Waals surface area contributed by atoms with Crippen molar-refractivity contribution in [3.05, 3.63) is 108 Å². The maximum atomic E-state index is 12.5. The number of para-hydroxylation sites is 3. The summed E-state index contributed by atoms with van der Waals surface area (Å²) in [6, 6.07) is 25.6. The van der Waals surface area contributed by atoms with Crippen LogP contribution in [0.15, 0.2) is 85.2 Å². The van der Waals surface area contributed by atoms with E-state index >= 15 is 0 Å². The van der Waals surface area contributed by atoms with Crippen molar-refractivity contribution in [1.29, 1.82) is 0 Å². The van der Waals surface area contributed by atoms with E-state index in [4.69, 9.17) is 0 Å². The van der Waals surface area contributed by atoms with Gasteiger partial charge in [-0.2, -0.15) is 0 Å². The van der Waals surface area contributed by atoms with Gasteiger partial charge in [-0.15, -0.1) is 0 Å². The molecule has 0 aliphatic heterocycles. The quantitative estimate of drug-likeness (QED) is 0.257. The number of H-pyrrole nitrogens is 2. The summed E-state index contributed by atoms with van der Waals surface area (Å²) in [7, 11) is 0. The van der Waals surface area contributed by atoms with Crippen LogP contribution in [0.5, 0.6) is 0 Å². The number of hydrogen-bond acceptors (Lipinski definition) is 1. The molecule has 2 atom stereocenters. The number of fused-ring (bicyclic) bond motifs is 5. The lowest BCUT2D eigenvalue weighted by Crippen LogP contribution is -2.05. The largest absolute Gasteiger partial charge is 0.361 e. The summed E-state index contributed by atoms with van der Waals surface area (Å²) in [6.07, 6.45) is 7.55. The van der Waals surface area contributed by atoms with Crippen LogP contribution in [0, 0.1) is 0 Å². The van der Waals surface area contributed by atoms with Gasteiger partial charge in [0.1, 0.15) is 0 Å². The lowest BCUT2D eigenvalue weighted by atomic mass is 9.85. The van der Waals surface area contributed by atoms with E-state index in [1.54, 1.807) is 6.92 Å². The van der Waals surface area contributed by atoms with E-state index in [1.807, 2.05) is 10.6 Å². The first-order valence-corrected chi connectivity index (χ1v) is 12.5. The van der Waals surface area contributed by atoms with Gasteiger partial charge in [0.25, 0.3) is 0 Å². The molecule has 1 aliphatic carbocycles. The Hall–Kier alpha value is -4.05. The molecule has 35 heavy (non-hydrogen) atoms. The molecule has 3 aromatic carbocycles. The van der Waals surface area contributed by atoms with Crippen LogP contribution in [0.25, 0.3) is 32.7 Å². The highest BCUT2D eigenvalue weighted by atomic mass is 16.1. The number of nitrogens with one attached hydrogen (secondary N) is 2. The van der Waals surface area contributed by atoms with E-state index < -0.39 is 0 Å². The zero-order valence-electron chi connectivity index (χ0n) is 19.7. The molecule has 3 aromatic heterocycles. The number of nitrogens with zero attached hydrogens (tertiary/aromatic N) is 1. The fourth-order valence-electron chi connectivity index (χ4n) is 6.40. The van der Waals surface area contributed by atoms with Crippen LogP contribution in [-0.2, 0) is 0 Å². The summed E-state index contributed by atoms with van der Waals surface area (Å²) >= 11 is 0. The molecule has 1 aliphatic rings. The second kappa shape index (κ2) is 7.74. The van der Waals surface area contributed by atoms with Gasteiger partial charge in [0, 0.05) is 64.0 Å². The van der Waals surface area contributed by atoms with Gasteiger partial charge in [0.15, 0.2) is 0 Å². The van der Waals surface area contributed by atoms with Crippen LogP contribution < -0.4 is 0 Å². The summed E-state index contributed by atoms with van der Waals surface area (Å²) in [5.74, 6) is 0.568. The lowest BCUT2D eigenvalue weighted by Gasteiger charge is -2.18. The summed E-state index contributed by atoms with van der Waals surface area (Å²) in [4.78, 5) is 19.9. The van der Waals surface area contributed by atoms with E-state index in [2.05, 4.69) is 89.1 Å². The summed E-state index contributed by atoms with van der Waals surface area (Å²) < 4.78 is 1.82. The van der Waals surface area contributed by atoms with E-state index in [1.165, 1.54) is 49.6 Å². The Balaban J connectivity index is 1.49. The van der Waals surface area contributed by atoms with Gasteiger partial charge in [-0.25, -0.2) is 0 Å². The van der Waals surface area contributed by atoms with Crippen LogP contribution in [0.1, 0.15) is 65.2 Å². The minimum absolute atomic E-state index is 0.0527. The van der Waals surface area contributed by atoms with Crippen LogP contribution in [0.4, 0.5) is 0 Å². The van der Waals surface area contributed by atoms with Crippen LogP contribution in [-0.4, -0.2) is 20.4 Å². The molecule has 0 fully saturated rings. The predicted octanol–water partition coefficient (Wildman–Crippen LogP) is 7.71. The highest BCUT2D eigenvalue weighted by Crippen LogP contribution is 2.48. The van der Waals surface area contributed by atoms with Crippen molar-refractivity contribution in [2.45, 2.75) is 38.0 Å². The van der Waals surface area contributed by atoms with E-state index in [0.29, 0.717) is 5.92 Å². The molecule has 7 rings (SSSR count). The number of carbonyl (C=O) groups is 1. The first-order chi connectivity index (χ1) is 17.2. The Morgan fingerprint density at radius 2 is 1.49 bits per heavy atom. The topological polar surface area (TPSA) is 53.6 Å². The summed E-state index contributed by atoms with van der Waals surface area (Å²) in [5, 5.41) is 3.77. The number of hydrogen-bond donors (Lipinski definition) is 2.